The maximum absolute atomic E-state index is 0. The molecule has 0 rings (SSSR count). The molecule has 0 heterocycles. The molecule has 0 amide bonds. The van der Waals surface area contributed by atoms with E-state index in [1.165, 1.54) is 0 Å². The van der Waals surface area contributed by atoms with Gasteiger partial charge in [0, 0.05) is 16.5 Å². The van der Waals surface area contributed by atoms with Crippen LogP contribution in [0.15, 0.2) is 0 Å². The number of hydrogen-bond acceptors (Lipinski definition) is 4. The van der Waals surface area contributed by atoms with E-state index >= 15 is 0 Å². The molecule has 42 valence electrons. The average Bonchev–Trinajstić information content (AvgIpc) is 0. The van der Waals surface area contributed by atoms with Crippen LogP contribution in [0.2, 0.25) is 0 Å². The molecule has 0 aliphatic carbocycles. The SMILES string of the molecule is [Ni].[OH-].[OH-].[OH-].[OH-]. The molecule has 0 aromatic heterocycles. The van der Waals surface area contributed by atoms with Crippen molar-refractivity contribution < 1.29 is 38.4 Å². The standard InChI is InChI=1S/Ni.4H2O/h;4*1H2/p-4. The van der Waals surface area contributed by atoms with Crippen molar-refractivity contribution in [1.29, 1.82) is 0 Å². The van der Waals surface area contributed by atoms with Gasteiger partial charge in [-0.05, 0) is 0 Å². The first-order valence-electron chi connectivity index (χ1n) is 0. The monoisotopic (exact) mass is 126 g/mol. The third-order valence-corrected chi connectivity index (χ3v) is 0. The first kappa shape index (κ1) is 900. The van der Waals surface area contributed by atoms with Crippen molar-refractivity contribution >= 4 is 0 Å². The molecule has 0 aromatic rings. The van der Waals surface area contributed by atoms with Gasteiger partial charge < -0.3 is 21.9 Å². The molecule has 0 aromatic carbocycles. The Labute approximate surface area is 39.3 Å². The average molecular weight is 127 g/mol. The van der Waals surface area contributed by atoms with E-state index in [0.29, 0.717) is 0 Å². The summed E-state index contributed by atoms with van der Waals surface area (Å²) in [7, 11) is 0. The molecule has 4 N–H and O–H groups in total. The molecule has 4 nitrogen and oxygen atoms in total. The molecule has 0 aliphatic rings. The summed E-state index contributed by atoms with van der Waals surface area (Å²) >= 11 is 0. The molecule has 0 radical (unpaired) electrons. The Bertz CT molecular complexity index is 3.61. The smallest absolute Gasteiger partial charge is 0 e. The van der Waals surface area contributed by atoms with Crippen LogP contribution >= 0.6 is 0 Å². The Kier molecular flexibility index (Phi) is 78000. The van der Waals surface area contributed by atoms with Crippen LogP contribution in [-0.2, 0) is 16.5 Å². The molecule has 5 heavy (non-hydrogen) atoms. The summed E-state index contributed by atoms with van der Waals surface area (Å²) < 4.78 is 0. The Morgan fingerprint density at radius 1 is 0.400 bits per heavy atom. The molecule has 0 unspecified atom stereocenters. The van der Waals surface area contributed by atoms with Gasteiger partial charge in [-0.3, -0.25) is 0 Å². The van der Waals surface area contributed by atoms with Gasteiger partial charge in [-0.25, -0.2) is 0 Å². The molecular formula is H4NiO4-4. The fraction of sp³-hybridized carbons (Fsp3) is 0. The van der Waals surface area contributed by atoms with Gasteiger partial charge in [-0.2, -0.15) is 0 Å². The first-order chi connectivity index (χ1) is 0. The fourth-order valence-corrected chi connectivity index (χ4v) is 0. The minimum Gasteiger partial charge on any atom is -0.870 e. The minimum atomic E-state index is 0. The number of rotatable bonds is 0. The second-order valence-corrected chi connectivity index (χ2v) is 0. The van der Waals surface area contributed by atoms with E-state index in [-0.39, 0.29) is 38.4 Å². The molecule has 0 bridgehead atoms. The summed E-state index contributed by atoms with van der Waals surface area (Å²) in [6, 6.07) is 0. The second-order valence-electron chi connectivity index (χ2n) is 0. The van der Waals surface area contributed by atoms with Crippen molar-refractivity contribution in [3.63, 3.8) is 0 Å². The van der Waals surface area contributed by atoms with Crippen LogP contribution in [0.5, 0.6) is 0 Å². The Balaban J connectivity index is 0. The maximum atomic E-state index is 0. The molecular weight excluding hydrogens is 123 g/mol. The van der Waals surface area contributed by atoms with E-state index < -0.39 is 0 Å². The van der Waals surface area contributed by atoms with Crippen molar-refractivity contribution in [2.45, 2.75) is 0 Å². The summed E-state index contributed by atoms with van der Waals surface area (Å²) in [5, 5.41) is 0. The molecule has 0 saturated heterocycles. The van der Waals surface area contributed by atoms with Crippen LogP contribution in [0.4, 0.5) is 0 Å². The van der Waals surface area contributed by atoms with Crippen molar-refractivity contribution in [1.82, 2.24) is 0 Å². The van der Waals surface area contributed by atoms with Gasteiger partial charge in [0.2, 0.25) is 0 Å². The molecule has 5 heteroatoms. The zero-order valence-electron chi connectivity index (χ0n) is 2.11. The molecule has 0 saturated carbocycles. The zero-order chi connectivity index (χ0) is 0. The fourth-order valence-electron chi connectivity index (χ4n) is 0. The van der Waals surface area contributed by atoms with E-state index in [9.17, 15) is 0 Å². The Morgan fingerprint density at radius 2 is 0.400 bits per heavy atom. The number of hydrogen-bond donors (Lipinski definition) is 0. The van der Waals surface area contributed by atoms with Crippen LogP contribution in [0.3, 0.4) is 0 Å². The quantitative estimate of drug-likeness (QED) is 0.398. The van der Waals surface area contributed by atoms with Gasteiger partial charge in [0.15, 0.2) is 0 Å². The molecule has 0 aliphatic heterocycles. The van der Waals surface area contributed by atoms with Crippen LogP contribution in [0.1, 0.15) is 0 Å². The van der Waals surface area contributed by atoms with Crippen LogP contribution in [0.25, 0.3) is 0 Å². The Hall–Kier alpha value is 0.334. The minimum absolute atomic E-state index is 0. The van der Waals surface area contributed by atoms with Crippen LogP contribution in [-0.4, -0.2) is 21.9 Å². The third kappa shape index (κ3) is 212. The topological polar surface area (TPSA) is 120 Å². The normalized spacial score (nSPS) is 0. The van der Waals surface area contributed by atoms with E-state index in [0.717, 1.165) is 0 Å². The van der Waals surface area contributed by atoms with Gasteiger partial charge in [0.1, 0.15) is 0 Å². The van der Waals surface area contributed by atoms with Gasteiger partial charge in [-0.1, -0.05) is 0 Å². The van der Waals surface area contributed by atoms with E-state index in [1.54, 1.807) is 0 Å². The summed E-state index contributed by atoms with van der Waals surface area (Å²) in [5.41, 5.74) is 0. The van der Waals surface area contributed by atoms with Gasteiger partial charge in [0.25, 0.3) is 0 Å². The summed E-state index contributed by atoms with van der Waals surface area (Å²) in [4.78, 5) is 0. The van der Waals surface area contributed by atoms with E-state index in [1.807, 2.05) is 0 Å². The van der Waals surface area contributed by atoms with Gasteiger partial charge in [0.05, 0.1) is 0 Å². The van der Waals surface area contributed by atoms with Crippen LogP contribution < -0.4 is 0 Å². The summed E-state index contributed by atoms with van der Waals surface area (Å²) in [5.74, 6) is 0. The van der Waals surface area contributed by atoms with Crippen molar-refractivity contribution in [3.05, 3.63) is 0 Å². The molecule has 0 fully saturated rings. The predicted octanol–water partition coefficient (Wildman–Crippen LogP) is -0.710. The van der Waals surface area contributed by atoms with Crippen molar-refractivity contribution in [3.8, 4) is 0 Å². The third-order valence-electron chi connectivity index (χ3n) is 0. The largest absolute Gasteiger partial charge is 0.870 e. The second kappa shape index (κ2) is 433. The summed E-state index contributed by atoms with van der Waals surface area (Å²) in [6.45, 7) is 0. The van der Waals surface area contributed by atoms with E-state index in [4.69, 9.17) is 0 Å². The van der Waals surface area contributed by atoms with Crippen LogP contribution in [0, 0.1) is 0 Å². The zero-order valence-corrected chi connectivity index (χ0v) is 3.09. The predicted molar refractivity (Wildman–Crippen MR) is 7.74 cm³/mol. The molecule has 0 spiro atoms. The van der Waals surface area contributed by atoms with Crippen molar-refractivity contribution in [2.24, 2.45) is 0 Å². The van der Waals surface area contributed by atoms with Gasteiger partial charge in [-0.15, -0.1) is 0 Å². The Morgan fingerprint density at radius 3 is 0.400 bits per heavy atom. The summed E-state index contributed by atoms with van der Waals surface area (Å²) in [6.07, 6.45) is 0. The van der Waals surface area contributed by atoms with Gasteiger partial charge >= 0.3 is 0 Å². The maximum Gasteiger partial charge on any atom is 0 e. The van der Waals surface area contributed by atoms with E-state index in [2.05, 4.69) is 0 Å². The first-order valence-corrected chi connectivity index (χ1v) is 0. The molecule has 0 atom stereocenters. The van der Waals surface area contributed by atoms with Crippen molar-refractivity contribution in [2.75, 3.05) is 0 Å².